The summed E-state index contributed by atoms with van der Waals surface area (Å²) in [4.78, 5) is 0. The topological polar surface area (TPSA) is 37.2 Å². The van der Waals surface area contributed by atoms with Crippen LogP contribution < -0.4 is 5.32 Å². The van der Waals surface area contributed by atoms with E-state index in [2.05, 4.69) is 25.4 Å². The molecule has 1 aromatic heterocycles. The molecule has 1 heterocycles. The van der Waals surface area contributed by atoms with E-state index in [0.29, 0.717) is 11.8 Å². The molecule has 0 amide bonds. The Morgan fingerprint density at radius 1 is 1.38 bits per heavy atom. The van der Waals surface area contributed by atoms with Crippen molar-refractivity contribution in [1.82, 2.24) is 9.88 Å². The average molecular weight is 218 g/mol. The number of rotatable bonds is 3. The lowest BCUT2D eigenvalue weighted by atomic mass is 10.1. The highest BCUT2D eigenvalue weighted by Crippen LogP contribution is 2.29. The lowest BCUT2D eigenvalue weighted by Crippen LogP contribution is -2.21. The molecule has 2 rings (SSSR count). The molecule has 0 fully saturated rings. The van der Waals surface area contributed by atoms with Crippen molar-refractivity contribution >= 4 is 10.9 Å². The number of fused-ring (bicyclic) bond motifs is 1. The van der Waals surface area contributed by atoms with Gasteiger partial charge in [-0.1, -0.05) is 19.9 Å². The summed E-state index contributed by atoms with van der Waals surface area (Å²) < 4.78 is 2.05. The Morgan fingerprint density at radius 3 is 2.81 bits per heavy atom. The van der Waals surface area contributed by atoms with Gasteiger partial charge in [0.1, 0.15) is 5.75 Å². The van der Waals surface area contributed by atoms with Gasteiger partial charge in [0, 0.05) is 31.2 Å². The fourth-order valence-electron chi connectivity index (χ4n) is 1.97. The third kappa shape index (κ3) is 1.91. The molecule has 0 aliphatic rings. The average Bonchev–Trinajstić information content (AvgIpc) is 2.55. The van der Waals surface area contributed by atoms with Gasteiger partial charge in [0.15, 0.2) is 0 Å². The number of nitrogens with one attached hydrogen (secondary N) is 1. The van der Waals surface area contributed by atoms with E-state index in [4.69, 9.17) is 0 Å². The maximum absolute atomic E-state index is 9.89. The van der Waals surface area contributed by atoms with Crippen molar-refractivity contribution in [2.24, 2.45) is 7.05 Å². The van der Waals surface area contributed by atoms with Crippen LogP contribution in [0.4, 0.5) is 0 Å². The first-order chi connectivity index (χ1) is 7.59. The van der Waals surface area contributed by atoms with Crippen LogP contribution in [0, 0.1) is 0 Å². The highest BCUT2D eigenvalue weighted by Gasteiger charge is 2.10. The molecule has 2 aromatic rings. The van der Waals surface area contributed by atoms with Crippen molar-refractivity contribution in [3.8, 4) is 5.75 Å². The van der Waals surface area contributed by atoms with E-state index in [0.717, 1.165) is 23.0 Å². The van der Waals surface area contributed by atoms with E-state index >= 15 is 0 Å². The van der Waals surface area contributed by atoms with Crippen LogP contribution in [0.15, 0.2) is 24.4 Å². The zero-order chi connectivity index (χ0) is 11.7. The van der Waals surface area contributed by atoms with E-state index in [9.17, 15) is 5.11 Å². The van der Waals surface area contributed by atoms with Gasteiger partial charge >= 0.3 is 0 Å². The Balaban J connectivity index is 2.45. The first-order valence-corrected chi connectivity index (χ1v) is 5.59. The fourth-order valence-corrected chi connectivity index (χ4v) is 1.97. The predicted molar refractivity (Wildman–Crippen MR) is 66.6 cm³/mol. The van der Waals surface area contributed by atoms with Gasteiger partial charge in [0.25, 0.3) is 0 Å². The number of benzene rings is 1. The molecule has 16 heavy (non-hydrogen) atoms. The van der Waals surface area contributed by atoms with Gasteiger partial charge in [-0.15, -0.1) is 0 Å². The second kappa shape index (κ2) is 4.18. The van der Waals surface area contributed by atoms with Crippen LogP contribution in [0.2, 0.25) is 0 Å². The minimum atomic E-state index is 0.360. The van der Waals surface area contributed by atoms with Gasteiger partial charge in [0.2, 0.25) is 0 Å². The minimum absolute atomic E-state index is 0.360. The minimum Gasteiger partial charge on any atom is -0.507 e. The molecule has 0 aliphatic heterocycles. The van der Waals surface area contributed by atoms with Crippen molar-refractivity contribution in [1.29, 1.82) is 0 Å². The smallest absolute Gasteiger partial charge is 0.125 e. The van der Waals surface area contributed by atoms with Crippen LogP contribution in [-0.4, -0.2) is 15.7 Å². The van der Waals surface area contributed by atoms with Crippen molar-refractivity contribution in [3.05, 3.63) is 30.0 Å². The molecule has 86 valence electrons. The molecule has 0 unspecified atom stereocenters. The second-order valence-corrected chi connectivity index (χ2v) is 4.47. The Kier molecular flexibility index (Phi) is 2.88. The molecule has 1 aromatic carbocycles. The van der Waals surface area contributed by atoms with Crippen molar-refractivity contribution < 1.29 is 5.11 Å². The van der Waals surface area contributed by atoms with Crippen LogP contribution in [0.5, 0.6) is 5.75 Å². The number of aromatic hydroxyl groups is 1. The summed E-state index contributed by atoms with van der Waals surface area (Å²) in [6.45, 7) is 5.02. The van der Waals surface area contributed by atoms with Crippen molar-refractivity contribution in [2.45, 2.75) is 26.4 Å². The normalized spacial score (nSPS) is 11.5. The summed E-state index contributed by atoms with van der Waals surface area (Å²) in [6, 6.07) is 6.08. The number of nitrogens with zero attached hydrogens (tertiary/aromatic N) is 1. The summed E-state index contributed by atoms with van der Waals surface area (Å²) in [7, 11) is 2.00. The number of aryl methyl sites for hydroxylation is 1. The maximum atomic E-state index is 9.89. The SMILES string of the molecule is CC(C)NCc1cn(C)c2cccc(O)c12. The lowest BCUT2D eigenvalue weighted by molar-refractivity contribution is 0.481. The number of hydrogen-bond donors (Lipinski definition) is 2. The molecular formula is C13H18N2O. The molecule has 3 heteroatoms. The molecule has 0 spiro atoms. The van der Waals surface area contributed by atoms with Gasteiger partial charge in [-0.25, -0.2) is 0 Å². The molecule has 2 N–H and O–H groups in total. The molecule has 0 saturated carbocycles. The van der Waals surface area contributed by atoms with Crippen LogP contribution >= 0.6 is 0 Å². The summed E-state index contributed by atoms with van der Waals surface area (Å²) in [6.07, 6.45) is 2.07. The Hall–Kier alpha value is -1.48. The standard InChI is InChI=1S/C13H18N2O/c1-9(2)14-7-10-8-15(3)11-5-4-6-12(16)13(10)11/h4-6,8-9,14,16H,7H2,1-3H3. The Labute approximate surface area is 95.7 Å². The zero-order valence-corrected chi connectivity index (χ0v) is 9.99. The lowest BCUT2D eigenvalue weighted by Gasteiger charge is -2.07. The second-order valence-electron chi connectivity index (χ2n) is 4.47. The Morgan fingerprint density at radius 2 is 2.12 bits per heavy atom. The number of phenols is 1. The molecule has 0 atom stereocenters. The number of aromatic nitrogens is 1. The molecule has 0 bridgehead atoms. The monoisotopic (exact) mass is 218 g/mol. The van der Waals surface area contributed by atoms with Gasteiger partial charge in [-0.05, 0) is 17.7 Å². The molecule has 0 aliphatic carbocycles. The molecular weight excluding hydrogens is 200 g/mol. The van der Waals surface area contributed by atoms with E-state index in [1.807, 2.05) is 23.7 Å². The van der Waals surface area contributed by atoms with Crippen molar-refractivity contribution in [2.75, 3.05) is 0 Å². The van der Waals surface area contributed by atoms with Crippen LogP contribution in [0.3, 0.4) is 0 Å². The quantitative estimate of drug-likeness (QED) is 0.830. The fraction of sp³-hybridized carbons (Fsp3) is 0.385. The first kappa shape index (κ1) is 11.0. The molecule has 3 nitrogen and oxygen atoms in total. The van der Waals surface area contributed by atoms with E-state index in [-0.39, 0.29) is 0 Å². The third-order valence-electron chi connectivity index (χ3n) is 2.77. The van der Waals surface area contributed by atoms with Gasteiger partial charge in [-0.3, -0.25) is 0 Å². The van der Waals surface area contributed by atoms with Crippen LogP contribution in [0.25, 0.3) is 10.9 Å². The van der Waals surface area contributed by atoms with E-state index in [1.54, 1.807) is 6.07 Å². The molecule has 0 radical (unpaired) electrons. The molecule has 0 saturated heterocycles. The van der Waals surface area contributed by atoms with E-state index < -0.39 is 0 Å². The highest BCUT2D eigenvalue weighted by atomic mass is 16.3. The van der Waals surface area contributed by atoms with Gasteiger partial charge in [-0.2, -0.15) is 0 Å². The number of hydrogen-bond acceptors (Lipinski definition) is 2. The summed E-state index contributed by atoms with van der Waals surface area (Å²) in [5.74, 6) is 0.360. The zero-order valence-electron chi connectivity index (χ0n) is 9.99. The van der Waals surface area contributed by atoms with Crippen LogP contribution in [0.1, 0.15) is 19.4 Å². The highest BCUT2D eigenvalue weighted by molar-refractivity contribution is 5.89. The first-order valence-electron chi connectivity index (χ1n) is 5.59. The summed E-state index contributed by atoms with van der Waals surface area (Å²) >= 11 is 0. The van der Waals surface area contributed by atoms with Crippen molar-refractivity contribution in [3.63, 3.8) is 0 Å². The van der Waals surface area contributed by atoms with Gasteiger partial charge in [0.05, 0.1) is 5.52 Å². The summed E-state index contributed by atoms with van der Waals surface area (Å²) in [5, 5.41) is 14.2. The summed E-state index contributed by atoms with van der Waals surface area (Å²) in [5.41, 5.74) is 2.21. The van der Waals surface area contributed by atoms with Crippen LogP contribution in [-0.2, 0) is 13.6 Å². The van der Waals surface area contributed by atoms with E-state index in [1.165, 1.54) is 0 Å². The maximum Gasteiger partial charge on any atom is 0.125 e. The Bertz CT molecular complexity index is 500. The van der Waals surface area contributed by atoms with Gasteiger partial charge < -0.3 is 15.0 Å². The largest absolute Gasteiger partial charge is 0.507 e. The predicted octanol–water partition coefficient (Wildman–Crippen LogP) is 2.38. The third-order valence-corrected chi connectivity index (χ3v) is 2.77. The number of phenolic OH excluding ortho intramolecular Hbond substituents is 1.